The van der Waals surface area contributed by atoms with Gasteiger partial charge in [-0.2, -0.15) is 0 Å². The van der Waals surface area contributed by atoms with Crippen molar-refractivity contribution in [2.75, 3.05) is 12.8 Å². The number of alkyl halides is 2. The first-order chi connectivity index (χ1) is 10.3. The molecular formula is C17H24F2N2O. The van der Waals surface area contributed by atoms with Crippen molar-refractivity contribution >= 4 is 11.6 Å². The van der Waals surface area contributed by atoms with Gasteiger partial charge in [-0.15, -0.1) is 0 Å². The van der Waals surface area contributed by atoms with Gasteiger partial charge in [0.05, 0.1) is 0 Å². The Bertz CT molecular complexity index is 506. The smallest absolute Gasteiger partial charge is 0.253 e. The summed E-state index contributed by atoms with van der Waals surface area (Å²) in [4.78, 5) is 14.3. The number of amides is 1. The molecule has 0 radical (unpaired) electrons. The number of nitrogens with two attached hydrogens (primary N) is 1. The van der Waals surface area contributed by atoms with Gasteiger partial charge < -0.3 is 10.6 Å². The number of hydrogen-bond donors (Lipinski definition) is 1. The summed E-state index contributed by atoms with van der Waals surface area (Å²) >= 11 is 0. The quantitative estimate of drug-likeness (QED) is 0.856. The Hall–Kier alpha value is -1.65. The van der Waals surface area contributed by atoms with Crippen molar-refractivity contribution in [3.8, 4) is 0 Å². The van der Waals surface area contributed by atoms with Gasteiger partial charge in [0.25, 0.3) is 5.91 Å². The highest BCUT2D eigenvalue weighted by Gasteiger charge is 2.38. The van der Waals surface area contributed by atoms with Crippen LogP contribution in [-0.2, 0) is 0 Å². The van der Waals surface area contributed by atoms with Gasteiger partial charge in [-0.25, -0.2) is 8.78 Å². The van der Waals surface area contributed by atoms with Gasteiger partial charge in [-0.1, -0.05) is 6.92 Å². The number of nitrogen functional groups attached to an aromatic ring is 1. The molecule has 1 aliphatic carbocycles. The molecule has 5 heteroatoms. The Kier molecular flexibility index (Phi) is 5.04. The van der Waals surface area contributed by atoms with E-state index >= 15 is 0 Å². The number of carbonyl (C=O) groups is 1. The van der Waals surface area contributed by atoms with Crippen LogP contribution >= 0.6 is 0 Å². The number of rotatable bonds is 4. The van der Waals surface area contributed by atoms with Gasteiger partial charge in [0.15, 0.2) is 0 Å². The fraction of sp³-hybridized carbons (Fsp3) is 0.588. The maximum Gasteiger partial charge on any atom is 0.253 e. The Labute approximate surface area is 130 Å². The summed E-state index contributed by atoms with van der Waals surface area (Å²) in [6, 6.07) is 6.80. The first kappa shape index (κ1) is 16.7. The lowest BCUT2D eigenvalue weighted by atomic mass is 9.80. The maximum absolute atomic E-state index is 13.3. The largest absolute Gasteiger partial charge is 0.399 e. The molecule has 1 aromatic carbocycles. The molecule has 3 nitrogen and oxygen atoms in total. The summed E-state index contributed by atoms with van der Waals surface area (Å²) < 4.78 is 26.6. The zero-order valence-electron chi connectivity index (χ0n) is 13.2. The Morgan fingerprint density at radius 2 is 1.86 bits per heavy atom. The Morgan fingerprint density at radius 1 is 1.32 bits per heavy atom. The summed E-state index contributed by atoms with van der Waals surface area (Å²) in [7, 11) is 1.76. The van der Waals surface area contributed by atoms with Crippen LogP contribution in [0, 0.1) is 5.92 Å². The second-order valence-electron chi connectivity index (χ2n) is 6.21. The summed E-state index contributed by atoms with van der Waals surface area (Å²) in [5, 5.41) is 0. The summed E-state index contributed by atoms with van der Waals surface area (Å²) in [6.45, 7) is 2.00. The van der Waals surface area contributed by atoms with Gasteiger partial charge in [0.2, 0.25) is 5.92 Å². The topological polar surface area (TPSA) is 46.3 Å². The molecule has 2 rings (SSSR count). The number of nitrogens with zero attached hydrogens (tertiary/aromatic N) is 1. The molecule has 0 aromatic heterocycles. The van der Waals surface area contributed by atoms with Gasteiger partial charge >= 0.3 is 0 Å². The predicted molar refractivity (Wildman–Crippen MR) is 83.9 cm³/mol. The first-order valence-corrected chi connectivity index (χ1v) is 7.84. The molecule has 1 saturated carbocycles. The van der Waals surface area contributed by atoms with Crippen molar-refractivity contribution in [2.45, 2.75) is 51.0 Å². The number of hydrogen-bond acceptors (Lipinski definition) is 2. The minimum absolute atomic E-state index is 0.00107. The van der Waals surface area contributed by atoms with Crippen LogP contribution < -0.4 is 5.73 Å². The minimum atomic E-state index is -2.53. The van der Waals surface area contributed by atoms with E-state index in [0.717, 1.165) is 6.42 Å². The summed E-state index contributed by atoms with van der Waals surface area (Å²) in [6.07, 6.45) is 1.58. The van der Waals surface area contributed by atoms with Crippen molar-refractivity contribution in [1.82, 2.24) is 4.90 Å². The molecule has 1 atom stereocenters. The van der Waals surface area contributed by atoms with Crippen molar-refractivity contribution in [1.29, 1.82) is 0 Å². The van der Waals surface area contributed by atoms with Gasteiger partial charge in [-0.05, 0) is 49.4 Å². The molecule has 22 heavy (non-hydrogen) atoms. The van der Waals surface area contributed by atoms with Crippen LogP contribution in [0.25, 0.3) is 0 Å². The molecule has 2 N–H and O–H groups in total. The van der Waals surface area contributed by atoms with E-state index in [2.05, 4.69) is 0 Å². The average molecular weight is 310 g/mol. The first-order valence-electron chi connectivity index (χ1n) is 7.84. The zero-order valence-corrected chi connectivity index (χ0v) is 13.2. The molecule has 0 heterocycles. The number of carbonyl (C=O) groups excluding carboxylic acids is 1. The fourth-order valence-electron chi connectivity index (χ4n) is 3.35. The standard InChI is InChI=1S/C17H24F2N2O/c1-3-15(12-8-10-17(18,19)11-9-12)21(2)16(22)13-4-6-14(20)7-5-13/h4-7,12,15H,3,8-11,20H2,1-2H3/t15-/m1/s1. The van der Waals surface area contributed by atoms with E-state index in [1.165, 1.54) is 0 Å². The van der Waals surface area contributed by atoms with Crippen molar-refractivity contribution in [3.63, 3.8) is 0 Å². The van der Waals surface area contributed by atoms with E-state index in [1.807, 2.05) is 6.92 Å². The molecule has 1 amide bonds. The average Bonchev–Trinajstić information content (AvgIpc) is 2.49. The molecule has 0 bridgehead atoms. The maximum atomic E-state index is 13.3. The highest BCUT2D eigenvalue weighted by Crippen LogP contribution is 2.39. The third-order valence-electron chi connectivity index (χ3n) is 4.70. The molecule has 0 unspecified atom stereocenters. The van der Waals surface area contributed by atoms with Crippen LogP contribution in [0.2, 0.25) is 0 Å². The molecule has 1 fully saturated rings. The number of benzene rings is 1. The van der Waals surface area contributed by atoms with Crippen molar-refractivity contribution in [2.24, 2.45) is 5.92 Å². The van der Waals surface area contributed by atoms with Gasteiger partial charge in [0, 0.05) is 37.2 Å². The molecule has 1 aliphatic rings. The predicted octanol–water partition coefficient (Wildman–Crippen LogP) is 3.94. The van der Waals surface area contributed by atoms with E-state index in [-0.39, 0.29) is 30.7 Å². The van der Waals surface area contributed by atoms with E-state index in [4.69, 9.17) is 5.73 Å². The third-order valence-corrected chi connectivity index (χ3v) is 4.70. The van der Waals surface area contributed by atoms with E-state index in [9.17, 15) is 13.6 Å². The normalized spacial score (nSPS) is 19.6. The van der Waals surface area contributed by atoms with Crippen LogP contribution in [0.4, 0.5) is 14.5 Å². The summed E-state index contributed by atoms with van der Waals surface area (Å²) in [5.41, 5.74) is 6.83. The number of anilines is 1. The second-order valence-corrected chi connectivity index (χ2v) is 6.21. The van der Waals surface area contributed by atoms with E-state index in [1.54, 1.807) is 36.2 Å². The highest BCUT2D eigenvalue weighted by atomic mass is 19.3. The van der Waals surface area contributed by atoms with Crippen molar-refractivity contribution < 1.29 is 13.6 Å². The van der Waals surface area contributed by atoms with Crippen LogP contribution in [0.5, 0.6) is 0 Å². The zero-order chi connectivity index (χ0) is 16.3. The van der Waals surface area contributed by atoms with Crippen LogP contribution in [-0.4, -0.2) is 29.8 Å². The molecule has 0 spiro atoms. The van der Waals surface area contributed by atoms with Crippen molar-refractivity contribution in [3.05, 3.63) is 29.8 Å². The van der Waals surface area contributed by atoms with Gasteiger partial charge in [0.1, 0.15) is 0 Å². The lowest BCUT2D eigenvalue weighted by Crippen LogP contribution is -2.43. The SMILES string of the molecule is CC[C@H](C1CCC(F)(F)CC1)N(C)C(=O)c1ccc(N)cc1. The van der Waals surface area contributed by atoms with E-state index in [0.29, 0.717) is 24.1 Å². The fourth-order valence-corrected chi connectivity index (χ4v) is 3.35. The monoisotopic (exact) mass is 310 g/mol. The minimum Gasteiger partial charge on any atom is -0.399 e. The molecule has 122 valence electrons. The third kappa shape index (κ3) is 3.76. The summed E-state index contributed by atoms with van der Waals surface area (Å²) in [5.74, 6) is -2.47. The second kappa shape index (κ2) is 6.63. The van der Waals surface area contributed by atoms with Crippen LogP contribution in [0.1, 0.15) is 49.4 Å². The van der Waals surface area contributed by atoms with E-state index < -0.39 is 5.92 Å². The highest BCUT2D eigenvalue weighted by molar-refractivity contribution is 5.94. The Balaban J connectivity index is 2.06. The molecule has 0 saturated heterocycles. The lowest BCUT2D eigenvalue weighted by Gasteiger charge is -2.38. The molecule has 1 aromatic rings. The van der Waals surface area contributed by atoms with Crippen LogP contribution in [0.3, 0.4) is 0 Å². The number of halogens is 2. The lowest BCUT2D eigenvalue weighted by molar-refractivity contribution is -0.0539. The Morgan fingerprint density at radius 3 is 2.36 bits per heavy atom. The van der Waals surface area contributed by atoms with Crippen LogP contribution in [0.15, 0.2) is 24.3 Å². The molecule has 0 aliphatic heterocycles. The van der Waals surface area contributed by atoms with Gasteiger partial charge in [-0.3, -0.25) is 4.79 Å². The molecular weight excluding hydrogens is 286 g/mol.